The molecule has 1 amide bonds. The molecule has 1 aromatic carbocycles. The van der Waals surface area contributed by atoms with E-state index in [0.717, 1.165) is 35.3 Å². The third kappa shape index (κ3) is 7.27. The first kappa shape index (κ1) is 28.5. The Kier molecular flexibility index (Phi) is 9.53. The van der Waals surface area contributed by atoms with Gasteiger partial charge in [0.2, 0.25) is 16.4 Å². The topological polar surface area (TPSA) is 104 Å². The first-order valence-electron chi connectivity index (χ1n) is 11.8. The van der Waals surface area contributed by atoms with Gasteiger partial charge in [-0.3, -0.25) is 10.0 Å². The average molecular weight is 590 g/mol. The van der Waals surface area contributed by atoms with Gasteiger partial charge in [-0.15, -0.1) is 0 Å². The van der Waals surface area contributed by atoms with E-state index < -0.39 is 33.1 Å². The highest BCUT2D eigenvalue weighted by atomic mass is 79.9. The number of nitrogens with zero attached hydrogens (tertiary/aromatic N) is 4. The van der Waals surface area contributed by atoms with E-state index in [9.17, 15) is 27.2 Å². The molecule has 0 unspecified atom stereocenters. The van der Waals surface area contributed by atoms with E-state index >= 15 is 0 Å². The van der Waals surface area contributed by atoms with Crippen LogP contribution in [0, 0.1) is 17.6 Å². The monoisotopic (exact) mass is 588 g/mol. The maximum atomic E-state index is 13.3. The van der Waals surface area contributed by atoms with Crippen LogP contribution in [0.4, 0.5) is 8.78 Å². The number of sulfonamides is 1. The smallest absolute Gasteiger partial charge is 0.233 e. The summed E-state index contributed by atoms with van der Waals surface area (Å²) in [6, 6.07) is 4.62. The number of aromatic nitrogens is 2. The molecule has 1 aliphatic rings. The number of hydrogen-bond donors (Lipinski definition) is 1. The summed E-state index contributed by atoms with van der Waals surface area (Å²) in [4.78, 5) is 19.3. The van der Waals surface area contributed by atoms with Crippen LogP contribution in [0.25, 0.3) is 0 Å². The molecule has 0 radical (unpaired) electrons. The van der Waals surface area contributed by atoms with Gasteiger partial charge >= 0.3 is 0 Å². The first-order valence-corrected chi connectivity index (χ1v) is 14.2. The molecule has 0 bridgehead atoms. The Labute approximate surface area is 218 Å². The molecule has 1 fully saturated rings. The number of aryl methyl sites for hydroxylation is 1. The third-order valence-corrected chi connectivity index (χ3v) is 9.65. The Morgan fingerprint density at radius 3 is 2.47 bits per heavy atom. The number of halogens is 3. The number of hydroxylamine groups is 2. The molecular formula is C24H31BrF2N4O4S. The number of piperidine rings is 1. The number of carbonyl (C=O) groups excluding carboxylic acids is 1. The molecule has 1 aliphatic heterocycles. The zero-order valence-electron chi connectivity index (χ0n) is 20.3. The summed E-state index contributed by atoms with van der Waals surface area (Å²) < 4.78 is 55.2. The molecule has 3 rings (SSSR count). The van der Waals surface area contributed by atoms with Crippen LogP contribution in [0.3, 0.4) is 0 Å². The Morgan fingerprint density at radius 2 is 1.89 bits per heavy atom. The minimum atomic E-state index is -3.81. The van der Waals surface area contributed by atoms with E-state index in [2.05, 4.69) is 25.9 Å². The highest BCUT2D eigenvalue weighted by molar-refractivity contribution is 9.10. The molecule has 2 atom stereocenters. The highest BCUT2D eigenvalue weighted by Gasteiger charge is 2.41. The number of benzene rings is 1. The van der Waals surface area contributed by atoms with Gasteiger partial charge in [0.15, 0.2) is 5.82 Å². The lowest BCUT2D eigenvalue weighted by Crippen LogP contribution is -2.53. The van der Waals surface area contributed by atoms with Crippen LogP contribution >= 0.6 is 15.9 Å². The maximum absolute atomic E-state index is 13.3. The second-order valence-corrected chi connectivity index (χ2v) is 12.5. The predicted molar refractivity (Wildman–Crippen MR) is 134 cm³/mol. The van der Waals surface area contributed by atoms with E-state index in [0.29, 0.717) is 36.9 Å². The Balaban J connectivity index is 1.61. The van der Waals surface area contributed by atoms with E-state index in [1.807, 2.05) is 0 Å². The SMILES string of the molecule is C[C@@H](C[C@@](C)(CS(=O)(=O)N1CCC(CCc2ccc(F)cc2Br)CC1)N(O)C=O)c1ncc(F)cn1. The predicted octanol–water partition coefficient (Wildman–Crippen LogP) is 4.29. The molecular weight excluding hydrogens is 558 g/mol. The van der Waals surface area contributed by atoms with Gasteiger partial charge in [0.25, 0.3) is 0 Å². The summed E-state index contributed by atoms with van der Waals surface area (Å²) in [6.45, 7) is 3.90. The van der Waals surface area contributed by atoms with Crippen LogP contribution in [0.2, 0.25) is 0 Å². The van der Waals surface area contributed by atoms with Crippen LogP contribution in [0.1, 0.15) is 56.8 Å². The van der Waals surface area contributed by atoms with Gasteiger partial charge in [0.05, 0.1) is 23.7 Å². The van der Waals surface area contributed by atoms with Gasteiger partial charge in [-0.25, -0.2) is 36.5 Å². The quantitative estimate of drug-likeness (QED) is 0.238. The number of rotatable bonds is 11. The molecule has 1 N–H and O–H groups in total. The average Bonchev–Trinajstić information content (AvgIpc) is 2.83. The number of amides is 1. The van der Waals surface area contributed by atoms with Gasteiger partial charge in [0, 0.05) is 23.5 Å². The van der Waals surface area contributed by atoms with Crippen molar-refractivity contribution < 1.29 is 27.2 Å². The molecule has 1 saturated heterocycles. The molecule has 36 heavy (non-hydrogen) atoms. The van der Waals surface area contributed by atoms with Crippen molar-refractivity contribution >= 4 is 32.4 Å². The molecule has 198 valence electrons. The van der Waals surface area contributed by atoms with Crippen molar-refractivity contribution in [3.05, 3.63) is 58.1 Å². The zero-order valence-corrected chi connectivity index (χ0v) is 22.7. The van der Waals surface area contributed by atoms with Crippen LogP contribution in [-0.2, 0) is 21.2 Å². The van der Waals surface area contributed by atoms with E-state index in [-0.39, 0.29) is 24.5 Å². The Bertz CT molecular complexity index is 1150. The van der Waals surface area contributed by atoms with Crippen molar-refractivity contribution in [2.75, 3.05) is 18.8 Å². The van der Waals surface area contributed by atoms with Gasteiger partial charge < -0.3 is 0 Å². The lowest BCUT2D eigenvalue weighted by Gasteiger charge is -2.38. The lowest BCUT2D eigenvalue weighted by molar-refractivity contribution is -0.175. The van der Waals surface area contributed by atoms with Gasteiger partial charge in [-0.1, -0.05) is 28.9 Å². The summed E-state index contributed by atoms with van der Waals surface area (Å²) in [5.41, 5.74) is -0.429. The summed E-state index contributed by atoms with van der Waals surface area (Å²) in [5, 5.41) is 10.7. The van der Waals surface area contributed by atoms with Crippen LogP contribution in [0.5, 0.6) is 0 Å². The summed E-state index contributed by atoms with van der Waals surface area (Å²) in [5.74, 6) is -1.20. The molecule has 0 saturated carbocycles. The fraction of sp³-hybridized carbons (Fsp3) is 0.542. The lowest BCUT2D eigenvalue weighted by atomic mass is 9.90. The van der Waals surface area contributed by atoms with Crippen molar-refractivity contribution in [2.45, 2.75) is 57.4 Å². The largest absolute Gasteiger partial charge is 0.286 e. The zero-order chi connectivity index (χ0) is 26.5. The summed E-state index contributed by atoms with van der Waals surface area (Å²) in [7, 11) is -3.81. The molecule has 0 spiro atoms. The van der Waals surface area contributed by atoms with Gasteiger partial charge in [0.1, 0.15) is 11.6 Å². The van der Waals surface area contributed by atoms with Crippen LogP contribution < -0.4 is 0 Å². The van der Waals surface area contributed by atoms with E-state index in [1.54, 1.807) is 13.0 Å². The van der Waals surface area contributed by atoms with Crippen molar-refractivity contribution in [1.82, 2.24) is 19.3 Å². The minimum absolute atomic E-state index is 0.0517. The summed E-state index contributed by atoms with van der Waals surface area (Å²) in [6.07, 6.45) is 5.27. The van der Waals surface area contributed by atoms with Crippen LogP contribution in [-0.4, -0.2) is 63.8 Å². The standard InChI is InChI=1S/C24H31BrF2N4O4S/c1-17(23-28-13-21(27)14-29-23)12-24(2,31(33)16-32)15-36(34,35)30-9-7-18(8-10-30)3-4-19-5-6-20(26)11-22(19)25/h5-6,11,13-14,16-18,33H,3-4,7-10,12,15H2,1-2H3/t17-,24-/m0/s1. The van der Waals surface area contributed by atoms with Crippen molar-refractivity contribution in [3.63, 3.8) is 0 Å². The molecule has 12 heteroatoms. The molecule has 1 aromatic heterocycles. The highest BCUT2D eigenvalue weighted by Crippen LogP contribution is 2.31. The fourth-order valence-corrected chi connectivity index (χ4v) is 7.25. The van der Waals surface area contributed by atoms with Crippen molar-refractivity contribution in [2.24, 2.45) is 5.92 Å². The Morgan fingerprint density at radius 1 is 1.25 bits per heavy atom. The summed E-state index contributed by atoms with van der Waals surface area (Å²) >= 11 is 3.39. The molecule has 2 aromatic rings. The third-order valence-electron chi connectivity index (χ3n) is 6.78. The second-order valence-electron chi connectivity index (χ2n) is 9.68. The van der Waals surface area contributed by atoms with E-state index in [1.165, 1.54) is 23.4 Å². The Hall–Kier alpha value is -2.02. The maximum Gasteiger partial charge on any atom is 0.233 e. The van der Waals surface area contributed by atoms with Gasteiger partial charge in [-0.05, 0) is 62.6 Å². The number of hydrogen-bond acceptors (Lipinski definition) is 6. The molecule has 0 aliphatic carbocycles. The van der Waals surface area contributed by atoms with Crippen molar-refractivity contribution in [3.8, 4) is 0 Å². The van der Waals surface area contributed by atoms with Crippen molar-refractivity contribution in [1.29, 1.82) is 0 Å². The molecule has 8 nitrogen and oxygen atoms in total. The van der Waals surface area contributed by atoms with Crippen LogP contribution in [0.15, 0.2) is 35.1 Å². The normalized spacial score (nSPS) is 17.9. The van der Waals surface area contributed by atoms with E-state index in [4.69, 9.17) is 0 Å². The minimum Gasteiger partial charge on any atom is -0.286 e. The number of carbonyl (C=O) groups is 1. The molecule has 2 heterocycles. The fourth-order valence-electron chi connectivity index (χ4n) is 4.72. The first-order chi connectivity index (χ1) is 16.9. The second kappa shape index (κ2) is 12.0. The van der Waals surface area contributed by atoms with Gasteiger partial charge in [-0.2, -0.15) is 0 Å².